The molecule has 2 aromatic carbocycles. The molecule has 10 nitrogen and oxygen atoms in total. The first-order valence-electron chi connectivity index (χ1n) is 10.1. The number of fused-ring (bicyclic) bond motifs is 1. The van der Waals surface area contributed by atoms with Crippen LogP contribution in [0.25, 0.3) is 0 Å². The van der Waals surface area contributed by atoms with Gasteiger partial charge in [0.2, 0.25) is 5.91 Å². The maximum atomic E-state index is 12.6. The average molecular weight is 435 g/mol. The maximum absolute atomic E-state index is 12.6. The monoisotopic (exact) mass is 435 g/mol. The molecular weight excluding hydrogens is 413 g/mol. The zero-order valence-corrected chi connectivity index (χ0v) is 17.4. The Kier molecular flexibility index (Phi) is 6.08. The SMILES string of the molecule is Cc1c(CNc2ccccc2)nnn1CC(=O)NC1Cc2cccc(C(=O)O)c2OB1O. The molecule has 0 saturated carbocycles. The summed E-state index contributed by atoms with van der Waals surface area (Å²) in [5, 5.41) is 33.8. The fourth-order valence-electron chi connectivity index (χ4n) is 3.56. The molecule has 1 unspecified atom stereocenters. The molecule has 2 heterocycles. The number of carboxylic acids is 1. The van der Waals surface area contributed by atoms with Crippen LogP contribution in [0.3, 0.4) is 0 Å². The smallest absolute Gasteiger partial charge is 0.534 e. The lowest BCUT2D eigenvalue weighted by molar-refractivity contribution is -0.122. The van der Waals surface area contributed by atoms with Gasteiger partial charge in [0.05, 0.1) is 23.7 Å². The highest BCUT2D eigenvalue weighted by molar-refractivity contribution is 6.47. The molecule has 4 N–H and O–H groups in total. The predicted octanol–water partition coefficient (Wildman–Crippen LogP) is 1.04. The fourth-order valence-corrected chi connectivity index (χ4v) is 3.56. The molecule has 32 heavy (non-hydrogen) atoms. The highest BCUT2D eigenvalue weighted by Gasteiger charge is 2.37. The Morgan fingerprint density at radius 2 is 2.00 bits per heavy atom. The van der Waals surface area contributed by atoms with Crippen LogP contribution in [0.15, 0.2) is 48.5 Å². The lowest BCUT2D eigenvalue weighted by atomic mass is 9.72. The van der Waals surface area contributed by atoms with Crippen molar-refractivity contribution in [3.63, 3.8) is 0 Å². The van der Waals surface area contributed by atoms with Crippen molar-refractivity contribution in [1.29, 1.82) is 0 Å². The van der Waals surface area contributed by atoms with Crippen molar-refractivity contribution in [3.8, 4) is 5.75 Å². The molecule has 0 saturated heterocycles. The summed E-state index contributed by atoms with van der Waals surface area (Å²) in [4.78, 5) is 23.9. The quantitative estimate of drug-likeness (QED) is 0.404. The van der Waals surface area contributed by atoms with Crippen LogP contribution in [0.2, 0.25) is 0 Å². The summed E-state index contributed by atoms with van der Waals surface area (Å²) in [6.07, 6.45) is 0.242. The van der Waals surface area contributed by atoms with Crippen molar-refractivity contribution in [3.05, 3.63) is 71.0 Å². The van der Waals surface area contributed by atoms with Gasteiger partial charge in [0.25, 0.3) is 0 Å². The van der Waals surface area contributed by atoms with Crippen molar-refractivity contribution in [2.24, 2.45) is 0 Å². The number of benzene rings is 2. The lowest BCUT2D eigenvalue weighted by Crippen LogP contribution is -2.53. The number of carboxylic acid groups (broad SMARTS) is 1. The Hall–Kier alpha value is -3.86. The number of amides is 1. The number of carbonyl (C=O) groups excluding carboxylic acids is 1. The Balaban J connectivity index is 1.37. The normalized spacial score (nSPS) is 14.9. The van der Waals surface area contributed by atoms with E-state index >= 15 is 0 Å². The molecule has 4 rings (SSSR count). The Morgan fingerprint density at radius 1 is 1.22 bits per heavy atom. The van der Waals surface area contributed by atoms with E-state index in [4.69, 9.17) is 4.65 Å². The van der Waals surface area contributed by atoms with E-state index in [1.165, 1.54) is 10.7 Å². The summed E-state index contributed by atoms with van der Waals surface area (Å²) in [5.41, 5.74) is 3.00. The number of para-hydroxylation sites is 2. The summed E-state index contributed by atoms with van der Waals surface area (Å²) >= 11 is 0. The molecular formula is C21H22BN5O5. The molecule has 0 spiro atoms. The van der Waals surface area contributed by atoms with E-state index in [0.29, 0.717) is 12.1 Å². The maximum Gasteiger partial charge on any atom is 0.547 e. The van der Waals surface area contributed by atoms with Crippen molar-refractivity contribution in [1.82, 2.24) is 20.3 Å². The van der Waals surface area contributed by atoms with Gasteiger partial charge in [-0.15, -0.1) is 5.10 Å². The number of aromatic carboxylic acids is 1. The van der Waals surface area contributed by atoms with E-state index in [1.54, 1.807) is 12.1 Å². The summed E-state index contributed by atoms with van der Waals surface area (Å²) in [6.45, 7) is 2.22. The largest absolute Gasteiger partial charge is 0.547 e. The minimum Gasteiger partial charge on any atom is -0.534 e. The van der Waals surface area contributed by atoms with Crippen LogP contribution in [-0.4, -0.2) is 50.1 Å². The number of nitrogens with one attached hydrogen (secondary N) is 2. The third-order valence-corrected chi connectivity index (χ3v) is 5.30. The van der Waals surface area contributed by atoms with Crippen LogP contribution in [-0.2, 0) is 24.3 Å². The van der Waals surface area contributed by atoms with E-state index in [1.807, 2.05) is 37.3 Å². The van der Waals surface area contributed by atoms with Gasteiger partial charge in [-0.05, 0) is 37.1 Å². The molecule has 0 radical (unpaired) electrons. The highest BCUT2D eigenvalue weighted by atomic mass is 16.5. The van der Waals surface area contributed by atoms with Crippen LogP contribution in [0, 0.1) is 6.92 Å². The van der Waals surface area contributed by atoms with Crippen molar-refractivity contribution in [2.45, 2.75) is 32.4 Å². The zero-order chi connectivity index (χ0) is 22.7. The molecule has 0 bridgehead atoms. The second kappa shape index (κ2) is 9.10. The Bertz CT molecular complexity index is 1140. The standard InChI is InChI=1S/C21H22BN5O5/c1-13-17(11-23-15-7-3-2-4-8-15)25-26-27(13)12-19(28)24-18-10-14-6-5-9-16(21(29)30)20(14)32-22(18)31/h2-9,18,23,31H,10-12H2,1H3,(H,24,28)(H,29,30). The number of rotatable bonds is 7. The van der Waals surface area contributed by atoms with Crippen LogP contribution in [0.5, 0.6) is 5.75 Å². The van der Waals surface area contributed by atoms with Gasteiger partial charge < -0.3 is 25.4 Å². The van der Waals surface area contributed by atoms with Crippen molar-refractivity contribution in [2.75, 3.05) is 5.32 Å². The van der Waals surface area contributed by atoms with E-state index in [2.05, 4.69) is 20.9 Å². The summed E-state index contributed by atoms with van der Waals surface area (Å²) in [5.74, 6) is -2.11. The minimum atomic E-state index is -1.37. The Labute approximate surface area is 184 Å². The molecule has 1 aliphatic heterocycles. The molecule has 0 aliphatic carbocycles. The highest BCUT2D eigenvalue weighted by Crippen LogP contribution is 2.30. The van der Waals surface area contributed by atoms with Crippen LogP contribution >= 0.6 is 0 Å². The van der Waals surface area contributed by atoms with Gasteiger partial charge in [0.1, 0.15) is 18.0 Å². The first kappa shape index (κ1) is 21.4. The zero-order valence-electron chi connectivity index (χ0n) is 17.4. The van der Waals surface area contributed by atoms with Gasteiger partial charge in [-0.1, -0.05) is 35.5 Å². The average Bonchev–Trinajstić information content (AvgIpc) is 3.12. The van der Waals surface area contributed by atoms with E-state index < -0.39 is 19.0 Å². The number of aromatic nitrogens is 3. The van der Waals surface area contributed by atoms with Crippen molar-refractivity contribution < 1.29 is 24.4 Å². The summed E-state index contributed by atoms with van der Waals surface area (Å²) < 4.78 is 6.90. The van der Waals surface area contributed by atoms with Crippen molar-refractivity contribution >= 4 is 24.7 Å². The van der Waals surface area contributed by atoms with E-state index in [-0.39, 0.29) is 30.2 Å². The first-order chi connectivity index (χ1) is 15.4. The molecule has 1 aromatic heterocycles. The fraction of sp³-hybridized carbons (Fsp3) is 0.238. The van der Waals surface area contributed by atoms with Crippen LogP contribution in [0.4, 0.5) is 5.69 Å². The molecule has 1 amide bonds. The molecule has 0 fully saturated rings. The van der Waals surface area contributed by atoms with Crippen LogP contribution in [0.1, 0.15) is 27.3 Å². The van der Waals surface area contributed by atoms with Gasteiger partial charge >= 0.3 is 13.1 Å². The van der Waals surface area contributed by atoms with Gasteiger partial charge in [-0.25, -0.2) is 9.48 Å². The summed E-state index contributed by atoms with van der Waals surface area (Å²) in [6, 6.07) is 14.4. The molecule has 164 valence electrons. The summed E-state index contributed by atoms with van der Waals surface area (Å²) in [7, 11) is -1.37. The lowest BCUT2D eigenvalue weighted by Gasteiger charge is -2.28. The topological polar surface area (TPSA) is 139 Å². The third kappa shape index (κ3) is 4.57. The van der Waals surface area contributed by atoms with Crippen LogP contribution < -0.4 is 15.3 Å². The van der Waals surface area contributed by atoms with Gasteiger partial charge in [0, 0.05) is 5.69 Å². The number of anilines is 1. The third-order valence-electron chi connectivity index (χ3n) is 5.30. The molecule has 11 heteroatoms. The van der Waals surface area contributed by atoms with Gasteiger partial charge in [0.15, 0.2) is 0 Å². The van der Waals surface area contributed by atoms with Gasteiger partial charge in [-0.2, -0.15) is 0 Å². The first-order valence-corrected chi connectivity index (χ1v) is 10.1. The Morgan fingerprint density at radius 3 is 2.75 bits per heavy atom. The molecule has 1 aliphatic rings. The van der Waals surface area contributed by atoms with Gasteiger partial charge in [-0.3, -0.25) is 4.79 Å². The second-order valence-electron chi connectivity index (χ2n) is 7.48. The number of nitrogens with zero attached hydrogens (tertiary/aromatic N) is 3. The van der Waals surface area contributed by atoms with E-state index in [0.717, 1.165) is 17.1 Å². The number of carbonyl (C=O) groups is 2. The number of hydrogen-bond acceptors (Lipinski definition) is 7. The second-order valence-corrected chi connectivity index (χ2v) is 7.48. The van der Waals surface area contributed by atoms with E-state index in [9.17, 15) is 19.7 Å². The molecule has 1 atom stereocenters. The molecule has 3 aromatic rings. The minimum absolute atomic E-state index is 0.0267. The predicted molar refractivity (Wildman–Crippen MR) is 116 cm³/mol. The number of hydrogen-bond donors (Lipinski definition) is 4.